The van der Waals surface area contributed by atoms with E-state index in [-0.39, 0.29) is 0 Å². The maximum atomic E-state index is 5.81. The van der Waals surface area contributed by atoms with Crippen LogP contribution in [0.25, 0.3) is 0 Å². The molecule has 1 saturated heterocycles. The molecular formula is C17H19N3OS. The first-order valence-electron chi connectivity index (χ1n) is 7.35. The smallest absolute Gasteiger partial charge is 0.166 e. The zero-order chi connectivity index (χ0) is 15.4. The molecule has 2 aromatic carbocycles. The number of rotatable bonds is 3. The van der Waals surface area contributed by atoms with E-state index in [2.05, 4.69) is 17.0 Å². The third-order valence-electron chi connectivity index (χ3n) is 3.77. The SMILES string of the molecule is NC(=S)N1CCN(c2ccc(Oc3ccccc3)cc2)CC1. The molecule has 1 fully saturated rings. The van der Waals surface area contributed by atoms with Crippen molar-refractivity contribution in [2.45, 2.75) is 0 Å². The quantitative estimate of drug-likeness (QED) is 0.883. The van der Waals surface area contributed by atoms with Gasteiger partial charge in [0, 0.05) is 31.9 Å². The fraction of sp³-hybridized carbons (Fsp3) is 0.235. The summed E-state index contributed by atoms with van der Waals surface area (Å²) in [5, 5.41) is 0.492. The molecule has 0 spiro atoms. The molecule has 3 rings (SSSR count). The van der Waals surface area contributed by atoms with Crippen LogP contribution in [0.2, 0.25) is 0 Å². The molecule has 2 N–H and O–H groups in total. The van der Waals surface area contributed by atoms with Crippen LogP contribution in [0, 0.1) is 0 Å². The van der Waals surface area contributed by atoms with E-state index < -0.39 is 0 Å². The Morgan fingerprint density at radius 2 is 1.45 bits per heavy atom. The third-order valence-corrected chi connectivity index (χ3v) is 4.03. The number of piperazine rings is 1. The van der Waals surface area contributed by atoms with Crippen molar-refractivity contribution in [3.05, 3.63) is 54.6 Å². The van der Waals surface area contributed by atoms with Crippen molar-refractivity contribution in [3.8, 4) is 11.5 Å². The topological polar surface area (TPSA) is 41.7 Å². The van der Waals surface area contributed by atoms with Crippen molar-refractivity contribution in [3.63, 3.8) is 0 Å². The molecule has 0 atom stereocenters. The molecule has 0 bridgehead atoms. The number of nitrogens with two attached hydrogens (primary N) is 1. The molecule has 114 valence electrons. The number of anilines is 1. The molecule has 4 nitrogen and oxygen atoms in total. The maximum absolute atomic E-state index is 5.81. The Bertz CT molecular complexity index is 622. The molecule has 2 aromatic rings. The van der Waals surface area contributed by atoms with Gasteiger partial charge in [0.15, 0.2) is 5.11 Å². The van der Waals surface area contributed by atoms with Gasteiger partial charge in [0.1, 0.15) is 11.5 Å². The number of hydrogen-bond donors (Lipinski definition) is 1. The van der Waals surface area contributed by atoms with Crippen LogP contribution < -0.4 is 15.4 Å². The number of nitrogens with zero attached hydrogens (tertiary/aromatic N) is 2. The van der Waals surface area contributed by atoms with E-state index in [1.54, 1.807) is 0 Å². The first-order valence-corrected chi connectivity index (χ1v) is 7.75. The lowest BCUT2D eigenvalue weighted by Gasteiger charge is -2.36. The second-order valence-corrected chi connectivity index (χ2v) is 5.64. The minimum atomic E-state index is 0.492. The van der Waals surface area contributed by atoms with Gasteiger partial charge in [-0.25, -0.2) is 0 Å². The van der Waals surface area contributed by atoms with Crippen LogP contribution in [0.5, 0.6) is 11.5 Å². The summed E-state index contributed by atoms with van der Waals surface area (Å²) in [6, 6.07) is 18.0. The lowest BCUT2D eigenvalue weighted by Crippen LogP contribution is -2.50. The maximum Gasteiger partial charge on any atom is 0.166 e. The summed E-state index contributed by atoms with van der Waals surface area (Å²) in [4.78, 5) is 4.37. The van der Waals surface area contributed by atoms with Crippen LogP contribution >= 0.6 is 12.2 Å². The number of para-hydroxylation sites is 1. The Morgan fingerprint density at radius 1 is 0.864 bits per heavy atom. The van der Waals surface area contributed by atoms with Gasteiger partial charge in [0.05, 0.1) is 0 Å². The van der Waals surface area contributed by atoms with Crippen molar-refractivity contribution >= 4 is 23.0 Å². The summed E-state index contributed by atoms with van der Waals surface area (Å²) in [6.07, 6.45) is 0. The number of benzene rings is 2. The summed E-state index contributed by atoms with van der Waals surface area (Å²) in [7, 11) is 0. The molecule has 1 aliphatic rings. The highest BCUT2D eigenvalue weighted by atomic mass is 32.1. The highest BCUT2D eigenvalue weighted by Crippen LogP contribution is 2.24. The van der Waals surface area contributed by atoms with Gasteiger partial charge >= 0.3 is 0 Å². The van der Waals surface area contributed by atoms with Gasteiger partial charge in [-0.2, -0.15) is 0 Å². The van der Waals surface area contributed by atoms with Crippen molar-refractivity contribution in [2.24, 2.45) is 5.73 Å². The van der Waals surface area contributed by atoms with Crippen LogP contribution in [0.15, 0.2) is 54.6 Å². The van der Waals surface area contributed by atoms with Gasteiger partial charge < -0.3 is 20.3 Å². The molecule has 0 saturated carbocycles. The second-order valence-electron chi connectivity index (χ2n) is 5.22. The summed E-state index contributed by atoms with van der Waals surface area (Å²) in [6.45, 7) is 3.60. The molecule has 22 heavy (non-hydrogen) atoms. The molecule has 0 unspecified atom stereocenters. The lowest BCUT2D eigenvalue weighted by atomic mass is 10.2. The predicted molar refractivity (Wildman–Crippen MR) is 93.5 cm³/mol. The van der Waals surface area contributed by atoms with E-state index in [9.17, 15) is 0 Å². The highest BCUT2D eigenvalue weighted by Gasteiger charge is 2.17. The minimum Gasteiger partial charge on any atom is -0.457 e. The van der Waals surface area contributed by atoms with Crippen molar-refractivity contribution in [2.75, 3.05) is 31.1 Å². The number of thiocarbonyl (C=S) groups is 1. The molecular weight excluding hydrogens is 294 g/mol. The zero-order valence-corrected chi connectivity index (χ0v) is 13.1. The van der Waals surface area contributed by atoms with Crippen molar-refractivity contribution in [1.29, 1.82) is 0 Å². The zero-order valence-electron chi connectivity index (χ0n) is 12.3. The summed E-state index contributed by atoms with van der Waals surface area (Å²) < 4.78 is 5.81. The fourth-order valence-corrected chi connectivity index (χ4v) is 2.72. The monoisotopic (exact) mass is 313 g/mol. The first-order chi connectivity index (χ1) is 10.7. The van der Waals surface area contributed by atoms with Gasteiger partial charge in [-0.3, -0.25) is 0 Å². The van der Waals surface area contributed by atoms with Crippen molar-refractivity contribution < 1.29 is 4.74 Å². The minimum absolute atomic E-state index is 0.492. The molecule has 1 heterocycles. The van der Waals surface area contributed by atoms with E-state index in [4.69, 9.17) is 22.7 Å². The molecule has 5 heteroatoms. The number of ether oxygens (including phenoxy) is 1. The molecule has 1 aliphatic heterocycles. The van der Waals surface area contributed by atoms with Crippen LogP contribution in [0.4, 0.5) is 5.69 Å². The highest BCUT2D eigenvalue weighted by molar-refractivity contribution is 7.80. The molecule has 0 aromatic heterocycles. The van der Waals surface area contributed by atoms with Gasteiger partial charge in [-0.1, -0.05) is 18.2 Å². The van der Waals surface area contributed by atoms with E-state index >= 15 is 0 Å². The second kappa shape index (κ2) is 6.66. The van der Waals surface area contributed by atoms with E-state index in [1.165, 1.54) is 5.69 Å². The molecule has 0 amide bonds. The molecule has 0 aliphatic carbocycles. The van der Waals surface area contributed by atoms with Crippen molar-refractivity contribution in [1.82, 2.24) is 4.90 Å². The normalized spacial score (nSPS) is 14.7. The third kappa shape index (κ3) is 3.49. The summed E-state index contributed by atoms with van der Waals surface area (Å²) in [5.74, 6) is 1.69. The van der Waals surface area contributed by atoms with Gasteiger partial charge in [0.25, 0.3) is 0 Å². The van der Waals surface area contributed by atoms with Crippen LogP contribution in [0.1, 0.15) is 0 Å². The Hall–Kier alpha value is -2.27. The first kappa shape index (κ1) is 14.7. The molecule has 0 radical (unpaired) electrons. The van der Waals surface area contributed by atoms with E-state index in [1.807, 2.05) is 47.4 Å². The van der Waals surface area contributed by atoms with Gasteiger partial charge in [-0.15, -0.1) is 0 Å². The largest absolute Gasteiger partial charge is 0.457 e. The average molecular weight is 313 g/mol. The van der Waals surface area contributed by atoms with Crippen LogP contribution in [-0.4, -0.2) is 36.2 Å². The Morgan fingerprint density at radius 3 is 2.05 bits per heavy atom. The summed E-state index contributed by atoms with van der Waals surface area (Å²) in [5.41, 5.74) is 6.86. The van der Waals surface area contributed by atoms with Gasteiger partial charge in [0.2, 0.25) is 0 Å². The van der Waals surface area contributed by atoms with Crippen LogP contribution in [-0.2, 0) is 0 Å². The Labute approximate surface area is 136 Å². The van der Waals surface area contributed by atoms with Crippen LogP contribution in [0.3, 0.4) is 0 Å². The predicted octanol–water partition coefficient (Wildman–Crippen LogP) is 2.84. The Kier molecular flexibility index (Phi) is 4.44. The van der Waals surface area contributed by atoms with E-state index in [0.717, 1.165) is 37.7 Å². The lowest BCUT2D eigenvalue weighted by molar-refractivity contribution is 0.388. The number of hydrogen-bond acceptors (Lipinski definition) is 3. The fourth-order valence-electron chi connectivity index (χ4n) is 2.53. The average Bonchev–Trinajstić information content (AvgIpc) is 2.57. The van der Waals surface area contributed by atoms with E-state index in [0.29, 0.717) is 5.11 Å². The summed E-state index contributed by atoms with van der Waals surface area (Å²) >= 11 is 5.02. The standard InChI is InChI=1S/C17H19N3OS/c18-17(22)20-12-10-19(11-13-20)14-6-8-16(9-7-14)21-15-4-2-1-3-5-15/h1-9H,10-13H2,(H2,18,22). The Balaban J connectivity index is 1.61. The van der Waals surface area contributed by atoms with Gasteiger partial charge in [-0.05, 0) is 48.6 Å².